The van der Waals surface area contributed by atoms with Crippen LogP contribution in [0.2, 0.25) is 0 Å². The quantitative estimate of drug-likeness (QED) is 0.270. The summed E-state index contributed by atoms with van der Waals surface area (Å²) in [5.41, 5.74) is 4.97. The van der Waals surface area contributed by atoms with Gasteiger partial charge in [-0.25, -0.2) is 0 Å². The minimum atomic E-state index is -0.271. The Hall–Kier alpha value is -2.79. The van der Waals surface area contributed by atoms with Crippen LogP contribution in [0.5, 0.6) is 0 Å². The first-order valence-electron chi connectivity index (χ1n) is 12.5. The molecule has 1 spiro atoms. The van der Waals surface area contributed by atoms with E-state index < -0.39 is 0 Å². The molecule has 1 fully saturated rings. The average Bonchev–Trinajstić information content (AvgIpc) is 3.39. The maximum absolute atomic E-state index is 5.40. The first-order valence-corrected chi connectivity index (χ1v) is 14.2. The highest BCUT2D eigenvalue weighted by Crippen LogP contribution is 2.70. The zero-order chi connectivity index (χ0) is 24.6. The van der Waals surface area contributed by atoms with Crippen LogP contribution in [0.3, 0.4) is 0 Å². The normalized spacial score (nSPS) is 25.2. The Kier molecular flexibility index (Phi) is 6.28. The number of rotatable bonds is 5. The third-order valence-electron chi connectivity index (χ3n) is 7.19. The van der Waals surface area contributed by atoms with Crippen LogP contribution in [-0.4, -0.2) is 19.6 Å². The maximum Gasteiger partial charge on any atom is 0.113 e. The zero-order valence-electron chi connectivity index (χ0n) is 20.6. The van der Waals surface area contributed by atoms with Gasteiger partial charge in [0, 0.05) is 12.1 Å². The van der Waals surface area contributed by atoms with Gasteiger partial charge < -0.3 is 0 Å². The molecule has 0 radical (unpaired) electrons. The van der Waals surface area contributed by atoms with Gasteiger partial charge in [-0.15, -0.1) is 11.8 Å². The Bertz CT molecular complexity index is 1340. The SMILES string of the molecule is CC1(C)N=C(c2ccccc2)S[C@@]12S[C@@H](c1ccccc1)N(Cc1ccccc1)[C@H]2c1ccccc1. The molecule has 2 aliphatic rings. The second-order valence-electron chi connectivity index (χ2n) is 9.96. The second kappa shape index (κ2) is 9.59. The van der Waals surface area contributed by atoms with E-state index in [1.807, 2.05) is 11.8 Å². The molecule has 1 saturated heterocycles. The Balaban J connectivity index is 1.51. The van der Waals surface area contributed by atoms with Crippen molar-refractivity contribution >= 4 is 28.6 Å². The summed E-state index contributed by atoms with van der Waals surface area (Å²) in [5, 5.41) is 1.36. The highest BCUT2D eigenvalue weighted by atomic mass is 32.2. The summed E-state index contributed by atoms with van der Waals surface area (Å²) in [6, 6.07) is 43.8. The summed E-state index contributed by atoms with van der Waals surface area (Å²) in [7, 11) is 0. The summed E-state index contributed by atoms with van der Waals surface area (Å²) >= 11 is 4.05. The molecule has 0 N–H and O–H groups in total. The van der Waals surface area contributed by atoms with Crippen molar-refractivity contribution in [3.05, 3.63) is 144 Å². The number of aliphatic imine (C=N–C) groups is 1. The number of thioether (sulfide) groups is 2. The first kappa shape index (κ1) is 23.6. The Morgan fingerprint density at radius 1 is 0.694 bits per heavy atom. The standard InChI is InChI=1S/C32H30N2S2/c1-31(2)32(35-29(33-31)26-19-11-5-12-20-26)28(25-17-9-4-10-18-25)34(23-24-15-7-3-8-16-24)30(36-32)27-21-13-6-14-22-27/h3-22,28,30H,23H2,1-2H3/t28-,30-,32-/m0/s1. The molecule has 2 aliphatic heterocycles. The van der Waals surface area contributed by atoms with Crippen molar-refractivity contribution in [2.75, 3.05) is 0 Å². The molecular formula is C32H30N2S2. The van der Waals surface area contributed by atoms with Gasteiger partial charge in [0.25, 0.3) is 0 Å². The van der Waals surface area contributed by atoms with Gasteiger partial charge >= 0.3 is 0 Å². The molecule has 0 saturated carbocycles. The highest BCUT2D eigenvalue weighted by molar-refractivity contribution is 8.27. The zero-order valence-corrected chi connectivity index (χ0v) is 22.3. The summed E-state index contributed by atoms with van der Waals surface area (Å²) < 4.78 is -0.186. The molecule has 36 heavy (non-hydrogen) atoms. The number of benzene rings is 4. The predicted octanol–water partition coefficient (Wildman–Crippen LogP) is 8.34. The first-order chi connectivity index (χ1) is 17.6. The fraction of sp³-hybridized carbons (Fsp3) is 0.219. The van der Waals surface area contributed by atoms with E-state index in [4.69, 9.17) is 4.99 Å². The van der Waals surface area contributed by atoms with Crippen LogP contribution in [-0.2, 0) is 6.54 Å². The van der Waals surface area contributed by atoms with Crippen molar-refractivity contribution in [1.29, 1.82) is 0 Å². The highest BCUT2D eigenvalue weighted by Gasteiger charge is 2.64. The average molecular weight is 507 g/mol. The summed E-state index contributed by atoms with van der Waals surface area (Å²) in [4.78, 5) is 8.11. The molecule has 4 aromatic rings. The molecule has 0 aliphatic carbocycles. The molecule has 4 aromatic carbocycles. The smallest absolute Gasteiger partial charge is 0.113 e. The van der Waals surface area contributed by atoms with E-state index in [1.54, 1.807) is 0 Å². The van der Waals surface area contributed by atoms with E-state index in [-0.39, 0.29) is 21.0 Å². The molecule has 180 valence electrons. The number of hydrogen-bond acceptors (Lipinski definition) is 4. The molecule has 3 atom stereocenters. The van der Waals surface area contributed by atoms with Gasteiger partial charge in [0.2, 0.25) is 0 Å². The molecule has 2 nitrogen and oxygen atoms in total. The molecular weight excluding hydrogens is 477 g/mol. The van der Waals surface area contributed by atoms with Crippen molar-refractivity contribution in [2.24, 2.45) is 4.99 Å². The van der Waals surface area contributed by atoms with Gasteiger partial charge in [0.1, 0.15) is 4.08 Å². The molecule has 0 amide bonds. The molecule has 0 aromatic heterocycles. The van der Waals surface area contributed by atoms with Gasteiger partial charge in [-0.3, -0.25) is 9.89 Å². The van der Waals surface area contributed by atoms with E-state index in [0.717, 1.165) is 11.6 Å². The molecule has 0 unspecified atom stereocenters. The van der Waals surface area contributed by atoms with Crippen molar-refractivity contribution in [1.82, 2.24) is 4.90 Å². The van der Waals surface area contributed by atoms with E-state index in [0.29, 0.717) is 0 Å². The van der Waals surface area contributed by atoms with Gasteiger partial charge in [0.05, 0.1) is 22.0 Å². The number of hydrogen-bond donors (Lipinski definition) is 0. The predicted molar refractivity (Wildman–Crippen MR) is 155 cm³/mol. The summed E-state index contributed by atoms with van der Waals surface area (Å²) in [6.45, 7) is 5.53. The van der Waals surface area contributed by atoms with E-state index in [2.05, 4.69) is 152 Å². The minimum Gasteiger partial charge on any atom is -0.274 e. The summed E-state index contributed by atoms with van der Waals surface area (Å²) in [6.07, 6.45) is 0. The van der Waals surface area contributed by atoms with Crippen LogP contribution >= 0.6 is 23.5 Å². The Morgan fingerprint density at radius 3 is 1.83 bits per heavy atom. The van der Waals surface area contributed by atoms with Crippen LogP contribution in [0.4, 0.5) is 0 Å². The molecule has 2 heterocycles. The molecule has 6 rings (SSSR count). The third-order valence-corrected chi connectivity index (χ3v) is 11.1. The maximum atomic E-state index is 5.40. The Labute approximate surface area is 222 Å². The van der Waals surface area contributed by atoms with Crippen molar-refractivity contribution in [3.8, 4) is 0 Å². The van der Waals surface area contributed by atoms with Crippen molar-refractivity contribution < 1.29 is 0 Å². The van der Waals surface area contributed by atoms with Crippen LogP contribution in [0.25, 0.3) is 0 Å². The van der Waals surface area contributed by atoms with E-state index in [9.17, 15) is 0 Å². The van der Waals surface area contributed by atoms with Gasteiger partial charge in [-0.2, -0.15) is 0 Å². The van der Waals surface area contributed by atoms with Crippen molar-refractivity contribution in [2.45, 2.75) is 41.4 Å². The molecule has 0 bridgehead atoms. The van der Waals surface area contributed by atoms with E-state index >= 15 is 0 Å². The van der Waals surface area contributed by atoms with Gasteiger partial charge in [-0.1, -0.05) is 133 Å². The lowest BCUT2D eigenvalue weighted by molar-refractivity contribution is 0.166. The van der Waals surface area contributed by atoms with Crippen LogP contribution in [0, 0.1) is 0 Å². The Morgan fingerprint density at radius 2 is 1.22 bits per heavy atom. The monoisotopic (exact) mass is 506 g/mol. The van der Waals surface area contributed by atoms with Crippen molar-refractivity contribution in [3.63, 3.8) is 0 Å². The largest absolute Gasteiger partial charge is 0.274 e. The van der Waals surface area contributed by atoms with Crippen LogP contribution in [0.15, 0.2) is 126 Å². The lowest BCUT2D eigenvalue weighted by atomic mass is 9.88. The lowest BCUT2D eigenvalue weighted by Gasteiger charge is -2.41. The summed E-state index contributed by atoms with van der Waals surface area (Å²) in [5.74, 6) is 0. The molecule has 4 heteroatoms. The number of nitrogens with zero attached hydrogens (tertiary/aromatic N) is 2. The van der Waals surface area contributed by atoms with Gasteiger partial charge in [0.15, 0.2) is 0 Å². The van der Waals surface area contributed by atoms with Gasteiger partial charge in [-0.05, 0) is 30.5 Å². The second-order valence-corrected chi connectivity index (χ2v) is 12.8. The minimum absolute atomic E-state index is 0.180. The fourth-order valence-corrected chi connectivity index (χ4v) is 9.32. The third kappa shape index (κ3) is 4.11. The topological polar surface area (TPSA) is 15.6 Å². The van der Waals surface area contributed by atoms with Crippen LogP contribution < -0.4 is 0 Å². The van der Waals surface area contributed by atoms with E-state index in [1.165, 1.54) is 22.3 Å². The lowest BCUT2D eigenvalue weighted by Crippen LogP contribution is -2.46. The van der Waals surface area contributed by atoms with Crippen LogP contribution in [0.1, 0.15) is 47.5 Å². The fourth-order valence-electron chi connectivity index (χ4n) is 5.43.